The molecule has 0 spiro atoms. The van der Waals surface area contributed by atoms with Crippen LogP contribution in [0.25, 0.3) is 11.4 Å². The minimum Gasteiger partial charge on any atom is -0.493 e. The lowest BCUT2D eigenvalue weighted by Crippen LogP contribution is -2.01. The highest BCUT2D eigenvalue weighted by Crippen LogP contribution is 2.33. The van der Waals surface area contributed by atoms with Crippen LogP contribution in [0.2, 0.25) is 5.02 Å². The summed E-state index contributed by atoms with van der Waals surface area (Å²) in [6.45, 7) is 4.47. The third kappa shape index (κ3) is 4.46. The van der Waals surface area contributed by atoms with E-state index in [1.54, 1.807) is 26.0 Å². The largest absolute Gasteiger partial charge is 0.493 e. The molecule has 27 heavy (non-hydrogen) atoms. The molecule has 0 bridgehead atoms. The summed E-state index contributed by atoms with van der Waals surface area (Å²) < 4.78 is 12.7. The second-order valence-corrected chi connectivity index (χ2v) is 7.07. The Morgan fingerprint density at radius 1 is 1.07 bits per heavy atom. The van der Waals surface area contributed by atoms with Gasteiger partial charge in [-0.2, -0.15) is 0 Å². The molecule has 0 fully saturated rings. The number of benzene rings is 2. The molecule has 0 aliphatic heterocycles. The van der Waals surface area contributed by atoms with E-state index in [9.17, 15) is 0 Å². The molecule has 1 heterocycles. The highest BCUT2D eigenvalue weighted by molar-refractivity contribution is 7.98. The van der Waals surface area contributed by atoms with Gasteiger partial charge in [0.1, 0.15) is 0 Å². The number of allylic oxidation sites excluding steroid dienone is 1. The van der Waals surface area contributed by atoms with E-state index in [4.69, 9.17) is 21.1 Å². The molecular weight excluding hydrogens is 382 g/mol. The number of thioether (sulfide) groups is 1. The van der Waals surface area contributed by atoms with Crippen molar-refractivity contribution < 1.29 is 9.47 Å². The molecule has 3 aromatic rings. The SMILES string of the molecule is C=CCn1c(SCc2ccc(Cl)cc2)nnc1-c1ccc(OC)c(OC)c1. The van der Waals surface area contributed by atoms with Crippen molar-refractivity contribution in [1.82, 2.24) is 14.8 Å². The van der Waals surface area contributed by atoms with Crippen molar-refractivity contribution >= 4 is 23.4 Å². The summed E-state index contributed by atoms with van der Waals surface area (Å²) in [7, 11) is 3.23. The van der Waals surface area contributed by atoms with Crippen LogP contribution < -0.4 is 9.47 Å². The van der Waals surface area contributed by atoms with Crippen molar-refractivity contribution in [3.63, 3.8) is 0 Å². The number of halogens is 1. The van der Waals surface area contributed by atoms with Crippen LogP contribution in [0, 0.1) is 0 Å². The topological polar surface area (TPSA) is 49.2 Å². The maximum absolute atomic E-state index is 5.95. The lowest BCUT2D eigenvalue weighted by Gasteiger charge is -2.11. The minimum absolute atomic E-state index is 0.611. The summed E-state index contributed by atoms with van der Waals surface area (Å²) in [5.74, 6) is 2.86. The van der Waals surface area contributed by atoms with E-state index < -0.39 is 0 Å². The molecule has 0 aliphatic carbocycles. The van der Waals surface area contributed by atoms with Gasteiger partial charge < -0.3 is 9.47 Å². The van der Waals surface area contributed by atoms with Gasteiger partial charge in [-0.1, -0.05) is 41.6 Å². The molecule has 0 N–H and O–H groups in total. The van der Waals surface area contributed by atoms with Crippen molar-refractivity contribution in [2.24, 2.45) is 0 Å². The zero-order valence-corrected chi connectivity index (χ0v) is 16.8. The lowest BCUT2D eigenvalue weighted by molar-refractivity contribution is 0.355. The van der Waals surface area contributed by atoms with Crippen molar-refractivity contribution in [3.8, 4) is 22.9 Å². The van der Waals surface area contributed by atoms with Crippen LogP contribution in [0.1, 0.15) is 5.56 Å². The Labute approximate surface area is 168 Å². The predicted molar refractivity (Wildman–Crippen MR) is 110 cm³/mol. The van der Waals surface area contributed by atoms with Gasteiger partial charge in [0.2, 0.25) is 0 Å². The number of hydrogen-bond acceptors (Lipinski definition) is 5. The molecule has 1 aromatic heterocycles. The zero-order chi connectivity index (χ0) is 19.2. The highest BCUT2D eigenvalue weighted by Gasteiger charge is 2.15. The molecule has 0 aliphatic rings. The Balaban J connectivity index is 1.88. The number of nitrogens with zero attached hydrogens (tertiary/aromatic N) is 3. The molecule has 140 valence electrons. The average Bonchev–Trinajstić information content (AvgIpc) is 3.10. The van der Waals surface area contributed by atoms with E-state index in [-0.39, 0.29) is 0 Å². The van der Waals surface area contributed by atoms with Crippen LogP contribution in [0.4, 0.5) is 0 Å². The number of rotatable bonds is 8. The number of methoxy groups -OCH3 is 2. The van der Waals surface area contributed by atoms with Crippen molar-refractivity contribution in [2.75, 3.05) is 14.2 Å². The summed E-state index contributed by atoms with van der Waals surface area (Å²) in [5.41, 5.74) is 2.07. The van der Waals surface area contributed by atoms with Gasteiger partial charge in [-0.3, -0.25) is 4.57 Å². The average molecular weight is 402 g/mol. The minimum atomic E-state index is 0.611. The maximum atomic E-state index is 5.95. The van der Waals surface area contributed by atoms with Gasteiger partial charge in [-0.05, 0) is 35.9 Å². The molecule has 0 unspecified atom stereocenters. The van der Waals surface area contributed by atoms with Gasteiger partial charge in [-0.15, -0.1) is 16.8 Å². The van der Waals surface area contributed by atoms with Gasteiger partial charge in [0.05, 0.1) is 14.2 Å². The first-order chi connectivity index (χ1) is 13.2. The van der Waals surface area contributed by atoms with Crippen LogP contribution in [-0.2, 0) is 12.3 Å². The van der Waals surface area contributed by atoms with Crippen LogP contribution in [0.3, 0.4) is 0 Å². The molecule has 5 nitrogen and oxygen atoms in total. The molecule has 2 aromatic carbocycles. The first kappa shape index (κ1) is 19.3. The second-order valence-electron chi connectivity index (χ2n) is 5.69. The van der Waals surface area contributed by atoms with Gasteiger partial charge in [0.15, 0.2) is 22.5 Å². The zero-order valence-electron chi connectivity index (χ0n) is 15.2. The van der Waals surface area contributed by atoms with Gasteiger partial charge in [0.25, 0.3) is 0 Å². The molecule has 0 radical (unpaired) electrons. The fourth-order valence-corrected chi connectivity index (χ4v) is 3.64. The molecule has 7 heteroatoms. The Kier molecular flexibility index (Phi) is 6.42. The summed E-state index contributed by atoms with van der Waals surface area (Å²) in [6, 6.07) is 13.5. The highest BCUT2D eigenvalue weighted by atomic mass is 35.5. The normalized spacial score (nSPS) is 10.6. The van der Waals surface area contributed by atoms with Crippen molar-refractivity contribution in [3.05, 3.63) is 65.7 Å². The van der Waals surface area contributed by atoms with Gasteiger partial charge in [-0.25, -0.2) is 0 Å². The first-order valence-corrected chi connectivity index (χ1v) is 9.66. The summed E-state index contributed by atoms with van der Waals surface area (Å²) in [5, 5.41) is 10.3. The summed E-state index contributed by atoms with van der Waals surface area (Å²) >= 11 is 7.57. The summed E-state index contributed by atoms with van der Waals surface area (Å²) in [4.78, 5) is 0. The Morgan fingerprint density at radius 2 is 1.81 bits per heavy atom. The van der Waals surface area contributed by atoms with Crippen LogP contribution in [0.15, 0.2) is 60.3 Å². The third-order valence-electron chi connectivity index (χ3n) is 3.95. The Morgan fingerprint density at radius 3 is 2.48 bits per heavy atom. The van der Waals surface area contributed by atoms with Crippen molar-refractivity contribution in [1.29, 1.82) is 0 Å². The van der Waals surface area contributed by atoms with E-state index in [0.29, 0.717) is 18.0 Å². The predicted octanol–water partition coefficient (Wildman–Crippen LogP) is 5.09. The standard InChI is InChI=1S/C20H20ClN3O2S/c1-4-11-24-19(15-7-10-17(25-2)18(12-15)26-3)22-23-20(24)27-13-14-5-8-16(21)9-6-14/h4-10,12H,1,11,13H2,2-3H3. The van der Waals surface area contributed by atoms with Crippen LogP contribution >= 0.6 is 23.4 Å². The fraction of sp³-hybridized carbons (Fsp3) is 0.200. The van der Waals surface area contributed by atoms with Gasteiger partial charge in [0, 0.05) is 22.9 Å². The molecule has 0 amide bonds. The Bertz CT molecular complexity index is 925. The molecular formula is C20H20ClN3O2S. The fourth-order valence-electron chi connectivity index (χ4n) is 2.61. The monoisotopic (exact) mass is 401 g/mol. The second kappa shape index (κ2) is 8.97. The molecule has 0 atom stereocenters. The Hall–Kier alpha value is -2.44. The van der Waals surface area contributed by atoms with Gasteiger partial charge >= 0.3 is 0 Å². The van der Waals surface area contributed by atoms with E-state index in [0.717, 1.165) is 27.3 Å². The van der Waals surface area contributed by atoms with Crippen LogP contribution in [0.5, 0.6) is 11.5 Å². The molecule has 0 saturated carbocycles. The number of aromatic nitrogens is 3. The van der Waals surface area contributed by atoms with Crippen molar-refractivity contribution in [2.45, 2.75) is 17.5 Å². The summed E-state index contributed by atoms with van der Waals surface area (Å²) in [6.07, 6.45) is 1.83. The lowest BCUT2D eigenvalue weighted by atomic mass is 10.2. The maximum Gasteiger partial charge on any atom is 0.192 e. The number of ether oxygens (including phenoxy) is 2. The van der Waals surface area contributed by atoms with E-state index in [1.165, 1.54) is 5.56 Å². The van der Waals surface area contributed by atoms with E-state index >= 15 is 0 Å². The molecule has 3 rings (SSSR count). The smallest absolute Gasteiger partial charge is 0.192 e. The molecule has 0 saturated heterocycles. The first-order valence-electron chi connectivity index (χ1n) is 8.30. The quantitative estimate of drug-likeness (QED) is 0.388. The van der Waals surface area contributed by atoms with Crippen LogP contribution in [-0.4, -0.2) is 29.0 Å². The number of hydrogen-bond donors (Lipinski definition) is 0. The van der Waals surface area contributed by atoms with E-state index in [2.05, 4.69) is 16.8 Å². The van der Waals surface area contributed by atoms with E-state index in [1.807, 2.05) is 53.1 Å². The third-order valence-corrected chi connectivity index (χ3v) is 5.24.